The van der Waals surface area contributed by atoms with Gasteiger partial charge in [0.25, 0.3) is 0 Å². The van der Waals surface area contributed by atoms with Gasteiger partial charge in [0.05, 0.1) is 18.5 Å². The van der Waals surface area contributed by atoms with Crippen molar-refractivity contribution in [2.75, 3.05) is 0 Å². The normalized spacial score (nSPS) is 14.7. The Labute approximate surface area is 115 Å². The molecule has 2 N–H and O–H groups in total. The van der Waals surface area contributed by atoms with E-state index in [0.29, 0.717) is 0 Å². The number of nitrogens with zero attached hydrogens (tertiary/aromatic N) is 1. The molecule has 0 bridgehead atoms. The molecular weight excluding hydrogens is 267 g/mol. The summed E-state index contributed by atoms with van der Waals surface area (Å²) >= 11 is -1.42. The molecule has 0 spiro atoms. The van der Waals surface area contributed by atoms with E-state index in [9.17, 15) is 14.0 Å². The van der Waals surface area contributed by atoms with Crippen molar-refractivity contribution in [3.05, 3.63) is 29.6 Å². The largest absolute Gasteiger partial charge is 0.598 e. The molecule has 19 heavy (non-hydrogen) atoms. The van der Waals surface area contributed by atoms with Gasteiger partial charge in [-0.25, -0.2) is 4.39 Å². The number of halogens is 1. The maximum Gasteiger partial charge on any atom is 0.136 e. The zero-order chi connectivity index (χ0) is 14.6. The quantitative estimate of drug-likeness (QED) is 0.833. The number of rotatable bonds is 4. The fourth-order valence-electron chi connectivity index (χ4n) is 1.42. The van der Waals surface area contributed by atoms with Crippen molar-refractivity contribution in [1.29, 1.82) is 5.26 Å². The molecule has 6 heteroatoms. The van der Waals surface area contributed by atoms with Gasteiger partial charge in [0, 0.05) is 16.9 Å². The molecule has 0 aliphatic rings. The minimum Gasteiger partial charge on any atom is -0.598 e. The van der Waals surface area contributed by atoms with Crippen LogP contribution in [0.25, 0.3) is 0 Å². The lowest BCUT2D eigenvalue weighted by atomic mass is 10.0. The van der Waals surface area contributed by atoms with Crippen molar-refractivity contribution in [3.8, 4) is 11.8 Å². The number of nitrogens with one attached hydrogen (secondary N) is 1. The van der Waals surface area contributed by atoms with Crippen LogP contribution < -0.4 is 4.72 Å². The summed E-state index contributed by atoms with van der Waals surface area (Å²) in [5.41, 5.74) is 0.235. The van der Waals surface area contributed by atoms with Crippen LogP contribution in [0.1, 0.15) is 38.8 Å². The molecule has 0 aromatic heterocycles. The number of benzene rings is 1. The molecule has 0 aliphatic carbocycles. The highest BCUT2D eigenvalue weighted by molar-refractivity contribution is 7.90. The first-order valence-electron chi connectivity index (χ1n) is 5.79. The lowest BCUT2D eigenvalue weighted by Crippen LogP contribution is -2.41. The van der Waals surface area contributed by atoms with E-state index in [-0.39, 0.29) is 17.7 Å². The number of phenols is 1. The second-order valence-corrected chi connectivity index (χ2v) is 7.11. The summed E-state index contributed by atoms with van der Waals surface area (Å²) in [6.45, 7) is 5.35. The molecule has 0 aliphatic heterocycles. The second-order valence-electron chi connectivity index (χ2n) is 5.12. The molecule has 0 fully saturated rings. The average Bonchev–Trinajstić information content (AvgIpc) is 2.30. The molecular formula is C13H17FN2O2S. The highest BCUT2D eigenvalue weighted by Crippen LogP contribution is 2.29. The Morgan fingerprint density at radius 1 is 1.53 bits per heavy atom. The zero-order valence-electron chi connectivity index (χ0n) is 11.1. The minimum atomic E-state index is -1.42. The Kier molecular flexibility index (Phi) is 5.18. The third-order valence-corrected chi connectivity index (χ3v) is 4.08. The summed E-state index contributed by atoms with van der Waals surface area (Å²) in [5, 5.41) is 18.5. The Balaban J connectivity index is 3.01. The second kappa shape index (κ2) is 6.24. The summed E-state index contributed by atoms with van der Waals surface area (Å²) in [7, 11) is 0. The number of hydrogen-bond donors (Lipinski definition) is 2. The molecule has 0 saturated carbocycles. The van der Waals surface area contributed by atoms with Gasteiger partial charge in [0.2, 0.25) is 0 Å². The van der Waals surface area contributed by atoms with E-state index < -0.39 is 28.0 Å². The lowest BCUT2D eigenvalue weighted by molar-refractivity contribution is 0.452. The van der Waals surface area contributed by atoms with Gasteiger partial charge in [0.1, 0.15) is 16.3 Å². The number of hydrogen-bond acceptors (Lipinski definition) is 4. The van der Waals surface area contributed by atoms with Gasteiger partial charge in [-0.15, -0.1) is 4.72 Å². The number of aromatic hydroxyl groups is 1. The van der Waals surface area contributed by atoms with Crippen LogP contribution in [0.15, 0.2) is 18.2 Å². The molecule has 0 unspecified atom stereocenters. The maximum atomic E-state index is 13.2. The topological polar surface area (TPSA) is 79.1 Å². The molecule has 0 amide bonds. The summed E-state index contributed by atoms with van der Waals surface area (Å²) in [6.07, 6.45) is -0.0150. The van der Waals surface area contributed by atoms with Crippen molar-refractivity contribution in [2.45, 2.75) is 38.0 Å². The zero-order valence-corrected chi connectivity index (χ0v) is 11.9. The van der Waals surface area contributed by atoms with E-state index in [1.54, 1.807) is 20.8 Å². The molecule has 1 aromatic rings. The van der Waals surface area contributed by atoms with Gasteiger partial charge < -0.3 is 9.66 Å². The van der Waals surface area contributed by atoms with Gasteiger partial charge in [0.15, 0.2) is 0 Å². The molecule has 0 radical (unpaired) electrons. The van der Waals surface area contributed by atoms with E-state index in [0.717, 1.165) is 12.1 Å². The van der Waals surface area contributed by atoms with Crippen LogP contribution in [-0.2, 0) is 11.4 Å². The first-order valence-corrected chi connectivity index (χ1v) is 6.94. The Morgan fingerprint density at radius 3 is 2.68 bits per heavy atom. The fraction of sp³-hybridized carbons (Fsp3) is 0.462. The average molecular weight is 284 g/mol. The van der Waals surface area contributed by atoms with Crippen molar-refractivity contribution in [1.82, 2.24) is 4.72 Å². The predicted octanol–water partition coefficient (Wildman–Crippen LogP) is 2.54. The predicted molar refractivity (Wildman–Crippen MR) is 72.1 cm³/mol. The van der Waals surface area contributed by atoms with Crippen molar-refractivity contribution in [3.63, 3.8) is 0 Å². The first-order chi connectivity index (χ1) is 8.75. The molecule has 0 saturated heterocycles. The van der Waals surface area contributed by atoms with Crippen LogP contribution in [-0.4, -0.2) is 14.4 Å². The van der Waals surface area contributed by atoms with Gasteiger partial charge >= 0.3 is 0 Å². The standard InChI is InChI=1S/C13H17FN2O2S/c1-13(2,3)19(18)16-11(6-7-15)10-8-9(14)4-5-12(10)17/h4-5,8,11,16-17H,6H2,1-3H3/t11-,19-/m1/s1. The maximum absolute atomic E-state index is 13.2. The van der Waals surface area contributed by atoms with Crippen LogP contribution in [0, 0.1) is 17.1 Å². The lowest BCUT2D eigenvalue weighted by Gasteiger charge is -2.27. The van der Waals surface area contributed by atoms with Crippen molar-refractivity contribution in [2.24, 2.45) is 0 Å². The van der Waals surface area contributed by atoms with E-state index in [1.165, 1.54) is 6.07 Å². The highest BCUT2D eigenvalue weighted by Gasteiger charge is 2.30. The molecule has 1 rings (SSSR count). The first kappa shape index (κ1) is 15.8. The van der Waals surface area contributed by atoms with E-state index >= 15 is 0 Å². The minimum absolute atomic E-state index is 0.0150. The van der Waals surface area contributed by atoms with E-state index in [2.05, 4.69) is 4.72 Å². The third kappa shape index (κ3) is 4.39. The van der Waals surface area contributed by atoms with Gasteiger partial charge in [-0.1, -0.05) is 0 Å². The molecule has 104 valence electrons. The van der Waals surface area contributed by atoms with Gasteiger partial charge in [-0.2, -0.15) is 5.26 Å². The smallest absolute Gasteiger partial charge is 0.136 e. The fourth-order valence-corrected chi connectivity index (χ4v) is 2.24. The SMILES string of the molecule is CC(C)(C)[S@@+]([O-])N[C@H](CC#N)c1cc(F)ccc1O. The van der Waals surface area contributed by atoms with Gasteiger partial charge in [-0.3, -0.25) is 0 Å². The Morgan fingerprint density at radius 2 is 2.16 bits per heavy atom. The third-order valence-electron chi connectivity index (χ3n) is 2.47. The molecule has 2 atom stereocenters. The Bertz CT molecular complexity index is 483. The number of phenolic OH excluding ortho intramolecular Hbond substituents is 1. The van der Waals surface area contributed by atoms with Crippen molar-refractivity contribution < 1.29 is 14.0 Å². The van der Waals surface area contributed by atoms with Crippen LogP contribution in [0.5, 0.6) is 5.75 Å². The summed E-state index contributed by atoms with van der Waals surface area (Å²) in [6, 6.07) is 4.75. The summed E-state index contributed by atoms with van der Waals surface area (Å²) in [4.78, 5) is 0. The molecule has 4 nitrogen and oxygen atoms in total. The number of nitriles is 1. The highest BCUT2D eigenvalue weighted by atomic mass is 32.2. The van der Waals surface area contributed by atoms with Crippen LogP contribution in [0.3, 0.4) is 0 Å². The Hall–Kier alpha value is -1.29. The summed E-state index contributed by atoms with van der Waals surface area (Å²) < 4.78 is 27.5. The van der Waals surface area contributed by atoms with Crippen LogP contribution >= 0.6 is 0 Å². The van der Waals surface area contributed by atoms with Crippen LogP contribution in [0.2, 0.25) is 0 Å². The van der Waals surface area contributed by atoms with Gasteiger partial charge in [-0.05, 0) is 39.0 Å². The summed E-state index contributed by atoms with van der Waals surface area (Å²) in [5.74, 6) is -0.640. The molecule has 0 heterocycles. The van der Waals surface area contributed by atoms with Crippen LogP contribution in [0.4, 0.5) is 4.39 Å². The molecule has 1 aromatic carbocycles. The van der Waals surface area contributed by atoms with E-state index in [4.69, 9.17) is 5.26 Å². The monoisotopic (exact) mass is 284 g/mol. The van der Waals surface area contributed by atoms with E-state index in [1.807, 2.05) is 6.07 Å². The van der Waals surface area contributed by atoms with Crippen molar-refractivity contribution >= 4 is 11.4 Å².